The minimum absolute atomic E-state index is 0.0624. The summed E-state index contributed by atoms with van der Waals surface area (Å²) >= 11 is 6.08. The van der Waals surface area contributed by atoms with E-state index in [1.807, 2.05) is 48.5 Å². The molecule has 0 atom stereocenters. The Morgan fingerprint density at radius 1 is 1.11 bits per heavy atom. The van der Waals surface area contributed by atoms with E-state index in [2.05, 4.69) is 10.3 Å². The molecule has 0 bridgehead atoms. The molecule has 1 heterocycles. The van der Waals surface area contributed by atoms with Gasteiger partial charge in [0.15, 0.2) is 11.4 Å². The lowest BCUT2D eigenvalue weighted by molar-refractivity contribution is 0.101. The van der Waals surface area contributed by atoms with E-state index < -0.39 is 0 Å². The van der Waals surface area contributed by atoms with Crippen molar-refractivity contribution in [2.75, 3.05) is 19.0 Å². The Hall–Kier alpha value is -3.31. The number of rotatable bonds is 6. The summed E-state index contributed by atoms with van der Waals surface area (Å²) in [6.45, 7) is 0.158. The van der Waals surface area contributed by atoms with Crippen molar-refractivity contribution in [1.29, 1.82) is 0 Å². The number of carbonyl (C=O) groups excluding carboxylic acids is 1. The van der Waals surface area contributed by atoms with Crippen molar-refractivity contribution in [2.24, 2.45) is 0 Å². The van der Waals surface area contributed by atoms with E-state index in [0.29, 0.717) is 22.2 Å². The molecular weight excluding hydrogens is 376 g/mol. The van der Waals surface area contributed by atoms with Crippen LogP contribution in [0.4, 0.5) is 5.69 Å². The zero-order valence-corrected chi connectivity index (χ0v) is 15.9. The quantitative estimate of drug-likeness (QED) is 0.442. The molecular formula is C22H17ClN2O3. The maximum Gasteiger partial charge on any atom is 0.227 e. The Morgan fingerprint density at radius 2 is 1.89 bits per heavy atom. The number of ketones is 1. The average molecular weight is 393 g/mol. The van der Waals surface area contributed by atoms with Crippen LogP contribution in [-0.2, 0) is 0 Å². The minimum Gasteiger partial charge on any atom is -0.495 e. The molecule has 1 N–H and O–H groups in total. The number of aromatic nitrogens is 1. The molecule has 0 spiro atoms. The highest BCUT2D eigenvalue weighted by Crippen LogP contribution is 2.26. The number of hydrogen-bond acceptors (Lipinski definition) is 5. The number of anilines is 1. The highest BCUT2D eigenvalue weighted by molar-refractivity contribution is 6.32. The SMILES string of the molecule is COc1ccc(C(=O)CNc2ccc(-c3nc4ccccc4o3)cc2)cc1Cl. The number of para-hydroxylation sites is 2. The number of fused-ring (bicyclic) bond motifs is 1. The molecule has 6 heteroatoms. The summed E-state index contributed by atoms with van der Waals surface area (Å²) < 4.78 is 10.9. The van der Waals surface area contributed by atoms with Crippen LogP contribution in [0.1, 0.15) is 10.4 Å². The number of hydrogen-bond donors (Lipinski definition) is 1. The summed E-state index contributed by atoms with van der Waals surface area (Å²) in [5, 5.41) is 3.53. The third-order valence-electron chi connectivity index (χ3n) is 4.35. The minimum atomic E-state index is -0.0624. The van der Waals surface area contributed by atoms with Gasteiger partial charge in [-0.05, 0) is 54.6 Å². The van der Waals surface area contributed by atoms with Crippen LogP contribution >= 0.6 is 11.6 Å². The van der Waals surface area contributed by atoms with Crippen molar-refractivity contribution in [3.63, 3.8) is 0 Å². The number of methoxy groups -OCH3 is 1. The number of halogens is 1. The van der Waals surface area contributed by atoms with E-state index in [1.54, 1.807) is 18.2 Å². The summed E-state index contributed by atoms with van der Waals surface area (Å²) in [5.74, 6) is 1.05. The average Bonchev–Trinajstić information content (AvgIpc) is 3.16. The molecule has 4 aromatic rings. The second-order valence-electron chi connectivity index (χ2n) is 6.19. The van der Waals surface area contributed by atoms with Crippen LogP contribution in [0, 0.1) is 0 Å². The lowest BCUT2D eigenvalue weighted by atomic mass is 10.1. The van der Waals surface area contributed by atoms with Crippen molar-refractivity contribution in [3.05, 3.63) is 77.3 Å². The van der Waals surface area contributed by atoms with Crippen LogP contribution in [-0.4, -0.2) is 24.4 Å². The first kappa shape index (κ1) is 18.1. The summed E-state index contributed by atoms with van der Waals surface area (Å²) in [4.78, 5) is 16.9. The summed E-state index contributed by atoms with van der Waals surface area (Å²) in [7, 11) is 1.54. The van der Waals surface area contributed by atoms with Gasteiger partial charge in [0.2, 0.25) is 5.89 Å². The first-order valence-corrected chi connectivity index (χ1v) is 9.08. The second kappa shape index (κ2) is 7.74. The van der Waals surface area contributed by atoms with Crippen molar-refractivity contribution in [2.45, 2.75) is 0 Å². The lowest BCUT2D eigenvalue weighted by Gasteiger charge is -2.08. The molecule has 0 aliphatic heterocycles. The van der Waals surface area contributed by atoms with Gasteiger partial charge in [-0.25, -0.2) is 4.98 Å². The summed E-state index contributed by atoms with van der Waals surface area (Å²) in [6.07, 6.45) is 0. The smallest absolute Gasteiger partial charge is 0.227 e. The van der Waals surface area contributed by atoms with E-state index in [-0.39, 0.29) is 12.3 Å². The first-order chi connectivity index (χ1) is 13.6. The van der Waals surface area contributed by atoms with Crippen molar-refractivity contribution >= 4 is 34.2 Å². The summed E-state index contributed by atoms with van der Waals surface area (Å²) in [5.41, 5.74) is 3.80. The first-order valence-electron chi connectivity index (χ1n) is 8.70. The monoisotopic (exact) mass is 392 g/mol. The van der Waals surface area contributed by atoms with Crippen LogP contribution < -0.4 is 10.1 Å². The van der Waals surface area contributed by atoms with Crippen LogP contribution in [0.25, 0.3) is 22.6 Å². The molecule has 0 aliphatic rings. The summed E-state index contributed by atoms with van der Waals surface area (Å²) in [6, 6.07) is 20.2. The van der Waals surface area contributed by atoms with Crippen molar-refractivity contribution in [1.82, 2.24) is 4.98 Å². The molecule has 3 aromatic carbocycles. The second-order valence-corrected chi connectivity index (χ2v) is 6.60. The highest BCUT2D eigenvalue weighted by Gasteiger charge is 2.10. The Bertz CT molecular complexity index is 1100. The van der Waals surface area contributed by atoms with Crippen LogP contribution in [0.3, 0.4) is 0 Å². The Labute approximate surface area is 166 Å². The number of benzene rings is 3. The van der Waals surface area contributed by atoms with Crippen molar-refractivity contribution < 1.29 is 13.9 Å². The standard InChI is InChI=1S/C22H17ClN2O3/c1-27-20-11-8-15(12-17(20)23)19(26)13-24-16-9-6-14(7-10-16)22-25-18-4-2-3-5-21(18)28-22/h2-12,24H,13H2,1H3. The highest BCUT2D eigenvalue weighted by atomic mass is 35.5. The van der Waals surface area contributed by atoms with Crippen molar-refractivity contribution in [3.8, 4) is 17.2 Å². The van der Waals surface area contributed by atoms with Gasteiger partial charge in [-0.2, -0.15) is 0 Å². The van der Waals surface area contributed by atoms with E-state index >= 15 is 0 Å². The zero-order valence-electron chi connectivity index (χ0n) is 15.1. The number of nitrogens with one attached hydrogen (secondary N) is 1. The number of nitrogens with zero attached hydrogens (tertiary/aromatic N) is 1. The Balaban J connectivity index is 1.43. The fourth-order valence-electron chi connectivity index (χ4n) is 2.85. The third kappa shape index (κ3) is 3.70. The Morgan fingerprint density at radius 3 is 2.61 bits per heavy atom. The molecule has 0 amide bonds. The van der Waals surface area contributed by atoms with Gasteiger partial charge in [0.25, 0.3) is 0 Å². The van der Waals surface area contributed by atoms with Gasteiger partial charge in [-0.15, -0.1) is 0 Å². The molecule has 0 saturated carbocycles. The fraction of sp³-hybridized carbons (Fsp3) is 0.0909. The van der Waals surface area contributed by atoms with Gasteiger partial charge in [-0.1, -0.05) is 23.7 Å². The molecule has 0 fully saturated rings. The van der Waals surface area contributed by atoms with Gasteiger partial charge in [-0.3, -0.25) is 4.79 Å². The molecule has 5 nitrogen and oxygen atoms in total. The van der Waals surface area contributed by atoms with E-state index in [9.17, 15) is 4.79 Å². The predicted octanol–water partition coefficient (Wildman–Crippen LogP) is 5.45. The van der Waals surface area contributed by atoms with Crippen LogP contribution in [0.5, 0.6) is 5.75 Å². The maximum atomic E-state index is 12.4. The molecule has 28 heavy (non-hydrogen) atoms. The molecule has 4 rings (SSSR count). The molecule has 0 radical (unpaired) electrons. The maximum absolute atomic E-state index is 12.4. The van der Waals surface area contributed by atoms with Gasteiger partial charge in [0, 0.05) is 16.8 Å². The third-order valence-corrected chi connectivity index (χ3v) is 4.65. The van der Waals surface area contributed by atoms with E-state index in [4.69, 9.17) is 20.8 Å². The number of ether oxygens (including phenoxy) is 1. The number of carbonyl (C=O) groups is 1. The predicted molar refractivity (Wildman–Crippen MR) is 110 cm³/mol. The van der Waals surface area contributed by atoms with E-state index in [1.165, 1.54) is 7.11 Å². The van der Waals surface area contributed by atoms with Gasteiger partial charge in [0.05, 0.1) is 18.7 Å². The topological polar surface area (TPSA) is 64.4 Å². The van der Waals surface area contributed by atoms with Gasteiger partial charge < -0.3 is 14.5 Å². The molecule has 0 aliphatic carbocycles. The van der Waals surface area contributed by atoms with E-state index in [0.717, 1.165) is 22.4 Å². The number of Topliss-reactive ketones (excluding diaryl/α,β-unsaturated/α-hetero) is 1. The fourth-order valence-corrected chi connectivity index (χ4v) is 3.11. The molecule has 1 aromatic heterocycles. The largest absolute Gasteiger partial charge is 0.495 e. The zero-order chi connectivity index (χ0) is 19.5. The number of oxazole rings is 1. The Kier molecular flexibility index (Phi) is 5.00. The van der Waals surface area contributed by atoms with Gasteiger partial charge in [0.1, 0.15) is 11.3 Å². The molecule has 0 unspecified atom stereocenters. The van der Waals surface area contributed by atoms with Crippen LogP contribution in [0.15, 0.2) is 71.1 Å². The molecule has 0 saturated heterocycles. The lowest BCUT2D eigenvalue weighted by Crippen LogP contribution is -2.14. The molecule has 140 valence electrons. The van der Waals surface area contributed by atoms with Crippen LogP contribution in [0.2, 0.25) is 5.02 Å². The van der Waals surface area contributed by atoms with Gasteiger partial charge >= 0.3 is 0 Å². The normalized spacial score (nSPS) is 10.8.